The van der Waals surface area contributed by atoms with Crippen molar-refractivity contribution >= 4 is 41.3 Å². The Kier molecular flexibility index (Phi) is 9.34. The largest absolute Gasteiger partial charge is 0.454 e. The van der Waals surface area contributed by atoms with E-state index in [0.717, 1.165) is 17.1 Å². The predicted molar refractivity (Wildman–Crippen MR) is 123 cm³/mol. The number of thiazole rings is 1. The van der Waals surface area contributed by atoms with E-state index in [1.807, 2.05) is 20.8 Å². The van der Waals surface area contributed by atoms with Crippen molar-refractivity contribution in [1.29, 1.82) is 0 Å². The summed E-state index contributed by atoms with van der Waals surface area (Å²) in [6.07, 6.45) is 0.825. The highest BCUT2D eigenvalue weighted by Crippen LogP contribution is 2.39. The Bertz CT molecular complexity index is 880. The lowest BCUT2D eigenvalue weighted by molar-refractivity contribution is -0.0505. The third kappa shape index (κ3) is 6.56. The van der Waals surface area contributed by atoms with E-state index in [4.69, 9.17) is 9.47 Å². The van der Waals surface area contributed by atoms with E-state index in [1.54, 1.807) is 17.4 Å². The fraction of sp³-hybridized carbons (Fsp3) is 0.474. The number of halogens is 3. The molecule has 0 saturated heterocycles. The number of rotatable bonds is 8. The number of fused-ring (bicyclic) bond motifs is 1. The van der Waals surface area contributed by atoms with Crippen LogP contribution in [0, 0.1) is 13.8 Å². The van der Waals surface area contributed by atoms with Gasteiger partial charge >= 0.3 is 6.61 Å². The van der Waals surface area contributed by atoms with Gasteiger partial charge in [0.25, 0.3) is 0 Å². The molecular weight excluding hydrogens is 529 g/mol. The summed E-state index contributed by atoms with van der Waals surface area (Å²) in [5.74, 6) is 1.49. The second-order valence-electron chi connectivity index (χ2n) is 6.31. The summed E-state index contributed by atoms with van der Waals surface area (Å²) >= 11 is 1.68. The molecule has 166 valence electrons. The lowest BCUT2D eigenvalue weighted by Gasteiger charge is -2.13. The third-order valence-corrected chi connectivity index (χ3v) is 5.30. The van der Waals surface area contributed by atoms with Crippen molar-refractivity contribution in [3.05, 3.63) is 33.3 Å². The molecule has 0 bridgehead atoms. The third-order valence-electron chi connectivity index (χ3n) is 4.17. The average Bonchev–Trinajstić information content (AvgIpc) is 3.24. The quantitative estimate of drug-likeness (QED) is 0.292. The SMILES string of the molecule is CCNC(=NCc1cc2c(cc1OC(F)F)OCO2)NCCc1sc(C)nc1C.I. The molecule has 0 atom stereocenters. The first-order valence-corrected chi connectivity index (χ1v) is 10.1. The van der Waals surface area contributed by atoms with Crippen LogP contribution < -0.4 is 24.8 Å². The first-order chi connectivity index (χ1) is 14.0. The Hall–Kier alpha value is -1.89. The minimum atomic E-state index is -2.93. The number of nitrogens with one attached hydrogen (secondary N) is 2. The monoisotopic (exact) mass is 554 g/mol. The molecule has 30 heavy (non-hydrogen) atoms. The van der Waals surface area contributed by atoms with Gasteiger partial charge in [0.15, 0.2) is 17.5 Å². The molecule has 0 fully saturated rings. The van der Waals surface area contributed by atoms with Crippen LogP contribution in [0.15, 0.2) is 17.1 Å². The molecule has 2 aromatic rings. The average molecular weight is 554 g/mol. The van der Waals surface area contributed by atoms with Crippen LogP contribution in [0.4, 0.5) is 8.78 Å². The number of aliphatic imine (C=N–C) groups is 1. The molecule has 1 aliphatic rings. The molecule has 11 heteroatoms. The van der Waals surface area contributed by atoms with Gasteiger partial charge in [0.2, 0.25) is 6.79 Å². The van der Waals surface area contributed by atoms with E-state index in [2.05, 4.69) is 25.3 Å². The van der Waals surface area contributed by atoms with Crippen LogP contribution in [-0.4, -0.2) is 37.4 Å². The number of nitrogens with zero attached hydrogens (tertiary/aromatic N) is 2. The molecule has 0 aliphatic carbocycles. The summed E-state index contributed by atoms with van der Waals surface area (Å²) in [6, 6.07) is 3.03. The van der Waals surface area contributed by atoms with E-state index >= 15 is 0 Å². The van der Waals surface area contributed by atoms with Gasteiger partial charge in [-0.3, -0.25) is 0 Å². The molecule has 3 rings (SSSR count). The van der Waals surface area contributed by atoms with Gasteiger partial charge in [-0.15, -0.1) is 35.3 Å². The molecule has 2 heterocycles. The maximum absolute atomic E-state index is 12.8. The molecule has 1 aromatic carbocycles. The van der Waals surface area contributed by atoms with Crippen molar-refractivity contribution < 1.29 is 23.0 Å². The number of aryl methyl sites for hydroxylation is 2. The summed E-state index contributed by atoms with van der Waals surface area (Å²) in [4.78, 5) is 10.2. The van der Waals surface area contributed by atoms with Gasteiger partial charge < -0.3 is 24.8 Å². The molecular formula is C19H25F2IN4O3S. The topological polar surface area (TPSA) is 77.0 Å². The molecule has 1 aromatic heterocycles. The fourth-order valence-electron chi connectivity index (χ4n) is 2.90. The number of benzene rings is 1. The summed E-state index contributed by atoms with van der Waals surface area (Å²) in [5, 5.41) is 7.46. The van der Waals surface area contributed by atoms with Gasteiger partial charge in [-0.1, -0.05) is 0 Å². The van der Waals surface area contributed by atoms with Gasteiger partial charge in [0, 0.05) is 36.0 Å². The second-order valence-corrected chi connectivity index (χ2v) is 7.59. The number of hydrogen-bond acceptors (Lipinski definition) is 6. The van der Waals surface area contributed by atoms with E-state index in [0.29, 0.717) is 36.1 Å². The highest BCUT2D eigenvalue weighted by Gasteiger charge is 2.20. The maximum atomic E-state index is 12.8. The highest BCUT2D eigenvalue weighted by atomic mass is 127. The van der Waals surface area contributed by atoms with Crippen molar-refractivity contribution in [2.75, 3.05) is 19.9 Å². The van der Waals surface area contributed by atoms with Crippen LogP contribution in [-0.2, 0) is 13.0 Å². The highest BCUT2D eigenvalue weighted by molar-refractivity contribution is 14.0. The van der Waals surface area contributed by atoms with Crippen molar-refractivity contribution in [1.82, 2.24) is 15.6 Å². The van der Waals surface area contributed by atoms with E-state index in [-0.39, 0.29) is 43.1 Å². The first-order valence-electron chi connectivity index (χ1n) is 9.28. The Morgan fingerprint density at radius 1 is 1.27 bits per heavy atom. The van der Waals surface area contributed by atoms with Crippen LogP contribution >= 0.6 is 35.3 Å². The standard InChI is InChI=1S/C19H24F2N4O3S.HI/c1-4-22-19(23-6-5-17-11(2)25-12(3)29-17)24-9-13-7-15-16(27-10-26-15)8-14(13)28-18(20)21;/h7-8,18H,4-6,9-10H2,1-3H3,(H2,22,23,24);1H. The molecule has 1 aliphatic heterocycles. The van der Waals surface area contributed by atoms with Crippen LogP contribution in [0.25, 0.3) is 0 Å². The van der Waals surface area contributed by atoms with Crippen molar-refractivity contribution in [3.63, 3.8) is 0 Å². The smallest absolute Gasteiger partial charge is 0.387 e. The molecule has 2 N–H and O–H groups in total. The van der Waals surface area contributed by atoms with Gasteiger partial charge in [0.05, 0.1) is 17.2 Å². The first kappa shape index (κ1) is 24.4. The minimum Gasteiger partial charge on any atom is -0.454 e. The summed E-state index contributed by atoms with van der Waals surface area (Å²) in [7, 11) is 0. The Balaban J connectivity index is 0.00000320. The summed E-state index contributed by atoms with van der Waals surface area (Å²) < 4.78 is 40.7. The van der Waals surface area contributed by atoms with Crippen LogP contribution in [0.5, 0.6) is 17.2 Å². The van der Waals surface area contributed by atoms with E-state index < -0.39 is 6.61 Å². The maximum Gasteiger partial charge on any atom is 0.387 e. The lowest BCUT2D eigenvalue weighted by atomic mass is 10.1. The van der Waals surface area contributed by atoms with Crippen molar-refractivity contribution in [2.45, 2.75) is 40.3 Å². The van der Waals surface area contributed by atoms with Crippen molar-refractivity contribution in [2.24, 2.45) is 4.99 Å². The van der Waals surface area contributed by atoms with E-state index in [9.17, 15) is 8.78 Å². The Morgan fingerprint density at radius 3 is 2.63 bits per heavy atom. The fourth-order valence-corrected chi connectivity index (χ4v) is 3.84. The number of hydrogen-bond donors (Lipinski definition) is 2. The van der Waals surface area contributed by atoms with Gasteiger partial charge in [-0.2, -0.15) is 8.78 Å². The molecule has 0 saturated carbocycles. The second kappa shape index (κ2) is 11.5. The minimum absolute atomic E-state index is 0. The van der Waals surface area contributed by atoms with Crippen LogP contribution in [0.3, 0.4) is 0 Å². The lowest BCUT2D eigenvalue weighted by Crippen LogP contribution is -2.38. The zero-order chi connectivity index (χ0) is 20.8. The molecule has 7 nitrogen and oxygen atoms in total. The summed E-state index contributed by atoms with van der Waals surface area (Å²) in [6.45, 7) is 4.56. The number of guanidine groups is 1. The normalized spacial score (nSPS) is 12.7. The molecule has 0 radical (unpaired) electrons. The number of ether oxygens (including phenoxy) is 3. The van der Waals surface area contributed by atoms with Gasteiger partial charge in [-0.05, 0) is 26.8 Å². The van der Waals surface area contributed by atoms with Crippen molar-refractivity contribution in [3.8, 4) is 17.2 Å². The molecule has 0 unspecified atom stereocenters. The Morgan fingerprint density at radius 2 is 2.00 bits per heavy atom. The number of aromatic nitrogens is 1. The number of alkyl halides is 2. The molecule has 0 spiro atoms. The zero-order valence-electron chi connectivity index (χ0n) is 17.0. The van der Waals surface area contributed by atoms with Crippen LogP contribution in [0.1, 0.15) is 28.1 Å². The Labute approximate surface area is 195 Å². The van der Waals surface area contributed by atoms with Crippen LogP contribution in [0.2, 0.25) is 0 Å². The predicted octanol–water partition coefficient (Wildman–Crippen LogP) is 4.01. The van der Waals surface area contributed by atoms with Gasteiger partial charge in [-0.25, -0.2) is 9.98 Å². The van der Waals surface area contributed by atoms with E-state index in [1.165, 1.54) is 10.9 Å². The molecule has 0 amide bonds. The zero-order valence-corrected chi connectivity index (χ0v) is 20.1. The van der Waals surface area contributed by atoms with Gasteiger partial charge in [0.1, 0.15) is 5.75 Å². The summed E-state index contributed by atoms with van der Waals surface area (Å²) in [5.41, 5.74) is 1.53.